The summed E-state index contributed by atoms with van der Waals surface area (Å²) in [5, 5.41) is 4.28. The topological polar surface area (TPSA) is 38.1 Å². The zero-order valence-electron chi connectivity index (χ0n) is 10.3. The Morgan fingerprint density at radius 2 is 2.35 bits per heavy atom. The standard InChI is InChI=1S/C12H18ClN3O/c1-9(2)7-16-11(3-4-14-16)15-8-10(6-13)5-12(15)17/h3-4,9-10H,5-8H2,1-2H3. The van der Waals surface area contributed by atoms with Gasteiger partial charge in [-0.2, -0.15) is 5.10 Å². The van der Waals surface area contributed by atoms with E-state index in [1.54, 1.807) is 6.20 Å². The van der Waals surface area contributed by atoms with Gasteiger partial charge < -0.3 is 0 Å². The number of amides is 1. The second-order valence-electron chi connectivity index (χ2n) is 4.99. The lowest BCUT2D eigenvalue weighted by atomic mass is 10.1. The fraction of sp³-hybridized carbons (Fsp3) is 0.667. The number of aromatic nitrogens is 2. The van der Waals surface area contributed by atoms with Gasteiger partial charge in [0.1, 0.15) is 5.82 Å². The highest BCUT2D eigenvalue weighted by molar-refractivity contribution is 6.18. The first-order chi connectivity index (χ1) is 8.11. The predicted molar refractivity (Wildman–Crippen MR) is 68.2 cm³/mol. The molecule has 17 heavy (non-hydrogen) atoms. The minimum Gasteiger partial charge on any atom is -0.297 e. The van der Waals surface area contributed by atoms with E-state index in [1.165, 1.54) is 0 Å². The molecule has 1 aliphatic heterocycles. The number of carbonyl (C=O) groups is 1. The van der Waals surface area contributed by atoms with Crippen LogP contribution in [0.2, 0.25) is 0 Å². The molecule has 1 fully saturated rings. The Hall–Kier alpha value is -1.03. The maximum absolute atomic E-state index is 11.9. The molecule has 5 heteroatoms. The summed E-state index contributed by atoms with van der Waals surface area (Å²) in [6.07, 6.45) is 2.30. The Labute approximate surface area is 107 Å². The molecule has 0 saturated carbocycles. The highest BCUT2D eigenvalue weighted by Crippen LogP contribution is 2.25. The first-order valence-corrected chi connectivity index (χ1v) is 6.53. The highest BCUT2D eigenvalue weighted by atomic mass is 35.5. The number of hydrogen-bond donors (Lipinski definition) is 0. The Kier molecular flexibility index (Phi) is 3.72. The molecule has 0 aromatic carbocycles. The van der Waals surface area contributed by atoms with Crippen LogP contribution in [0.15, 0.2) is 12.3 Å². The first kappa shape index (κ1) is 12.4. The van der Waals surface area contributed by atoms with E-state index in [0.717, 1.165) is 12.4 Å². The molecule has 4 nitrogen and oxygen atoms in total. The average molecular weight is 256 g/mol. The summed E-state index contributed by atoms with van der Waals surface area (Å²) in [6, 6.07) is 1.90. The van der Waals surface area contributed by atoms with Crippen LogP contribution in [0.3, 0.4) is 0 Å². The van der Waals surface area contributed by atoms with Gasteiger partial charge in [-0.1, -0.05) is 13.8 Å². The third-order valence-corrected chi connectivity index (χ3v) is 3.37. The summed E-state index contributed by atoms with van der Waals surface area (Å²) in [5.74, 6) is 2.37. The Morgan fingerprint density at radius 1 is 1.59 bits per heavy atom. The van der Waals surface area contributed by atoms with Gasteiger partial charge in [0, 0.05) is 31.5 Å². The van der Waals surface area contributed by atoms with Crippen LogP contribution in [-0.2, 0) is 11.3 Å². The summed E-state index contributed by atoms with van der Waals surface area (Å²) in [5.41, 5.74) is 0. The van der Waals surface area contributed by atoms with E-state index >= 15 is 0 Å². The van der Waals surface area contributed by atoms with Crippen molar-refractivity contribution in [2.45, 2.75) is 26.8 Å². The van der Waals surface area contributed by atoms with Crippen LogP contribution >= 0.6 is 11.6 Å². The lowest BCUT2D eigenvalue weighted by Gasteiger charge is -2.18. The minimum absolute atomic E-state index is 0.154. The summed E-state index contributed by atoms with van der Waals surface area (Å²) in [7, 11) is 0. The van der Waals surface area contributed by atoms with E-state index in [4.69, 9.17) is 11.6 Å². The highest BCUT2D eigenvalue weighted by Gasteiger charge is 2.31. The van der Waals surface area contributed by atoms with E-state index in [1.807, 2.05) is 15.6 Å². The van der Waals surface area contributed by atoms with E-state index in [9.17, 15) is 4.79 Å². The van der Waals surface area contributed by atoms with Gasteiger partial charge in [0.25, 0.3) is 0 Å². The van der Waals surface area contributed by atoms with Crippen LogP contribution in [0.25, 0.3) is 0 Å². The van der Waals surface area contributed by atoms with Crippen molar-refractivity contribution in [2.24, 2.45) is 11.8 Å². The molecule has 0 aliphatic carbocycles. The zero-order valence-corrected chi connectivity index (χ0v) is 11.0. The van der Waals surface area contributed by atoms with E-state index in [0.29, 0.717) is 24.8 Å². The second-order valence-corrected chi connectivity index (χ2v) is 5.30. The van der Waals surface area contributed by atoms with Gasteiger partial charge in [-0.25, -0.2) is 4.68 Å². The zero-order chi connectivity index (χ0) is 12.4. The van der Waals surface area contributed by atoms with Crippen molar-refractivity contribution in [2.75, 3.05) is 17.3 Å². The fourth-order valence-electron chi connectivity index (χ4n) is 2.15. The number of carbonyl (C=O) groups excluding carboxylic acids is 1. The Morgan fingerprint density at radius 3 is 2.94 bits per heavy atom. The Bertz CT molecular complexity index is 402. The molecule has 0 radical (unpaired) electrons. The number of rotatable bonds is 4. The van der Waals surface area contributed by atoms with Gasteiger partial charge in [-0.15, -0.1) is 11.6 Å². The van der Waals surface area contributed by atoms with Crippen LogP contribution < -0.4 is 4.90 Å². The summed E-state index contributed by atoms with van der Waals surface area (Å²) < 4.78 is 1.90. The van der Waals surface area contributed by atoms with Crippen molar-refractivity contribution >= 4 is 23.3 Å². The molecule has 1 aliphatic rings. The van der Waals surface area contributed by atoms with E-state index in [-0.39, 0.29) is 11.8 Å². The Balaban J connectivity index is 2.17. The first-order valence-electron chi connectivity index (χ1n) is 6.00. The summed E-state index contributed by atoms with van der Waals surface area (Å²) in [6.45, 7) is 5.82. The number of halogens is 1. The molecular weight excluding hydrogens is 238 g/mol. The summed E-state index contributed by atoms with van der Waals surface area (Å²) >= 11 is 5.82. The largest absolute Gasteiger partial charge is 0.297 e. The molecule has 1 unspecified atom stereocenters. The molecule has 1 saturated heterocycles. The van der Waals surface area contributed by atoms with Crippen molar-refractivity contribution in [3.63, 3.8) is 0 Å². The van der Waals surface area contributed by atoms with Crippen molar-refractivity contribution < 1.29 is 4.79 Å². The molecule has 2 rings (SSSR count). The van der Waals surface area contributed by atoms with Gasteiger partial charge >= 0.3 is 0 Å². The minimum atomic E-state index is 0.154. The van der Waals surface area contributed by atoms with Gasteiger partial charge in [-0.05, 0) is 11.8 Å². The molecule has 0 N–H and O–H groups in total. The average Bonchev–Trinajstić information content (AvgIpc) is 2.83. The van der Waals surface area contributed by atoms with Crippen LogP contribution in [0, 0.1) is 11.8 Å². The molecule has 0 bridgehead atoms. The normalized spacial score (nSPS) is 20.6. The fourth-order valence-corrected chi connectivity index (χ4v) is 2.35. The summed E-state index contributed by atoms with van der Waals surface area (Å²) in [4.78, 5) is 13.7. The molecule has 0 spiro atoms. The third kappa shape index (κ3) is 2.63. The molecule has 94 valence electrons. The third-order valence-electron chi connectivity index (χ3n) is 2.93. The van der Waals surface area contributed by atoms with Crippen LogP contribution in [0.1, 0.15) is 20.3 Å². The van der Waals surface area contributed by atoms with Gasteiger partial charge in [0.15, 0.2) is 0 Å². The maximum atomic E-state index is 11.9. The van der Waals surface area contributed by atoms with Gasteiger partial charge in [-0.3, -0.25) is 9.69 Å². The van der Waals surface area contributed by atoms with Crippen molar-refractivity contribution in [1.82, 2.24) is 9.78 Å². The van der Waals surface area contributed by atoms with Crippen LogP contribution in [0.5, 0.6) is 0 Å². The number of alkyl halides is 1. The van der Waals surface area contributed by atoms with Gasteiger partial charge in [0.05, 0.1) is 6.20 Å². The van der Waals surface area contributed by atoms with Gasteiger partial charge in [0.2, 0.25) is 5.91 Å². The van der Waals surface area contributed by atoms with Crippen LogP contribution in [0.4, 0.5) is 5.82 Å². The molecular formula is C12H18ClN3O. The number of nitrogens with zero attached hydrogens (tertiary/aromatic N) is 3. The van der Waals surface area contributed by atoms with E-state index < -0.39 is 0 Å². The second kappa shape index (κ2) is 5.08. The van der Waals surface area contributed by atoms with Crippen molar-refractivity contribution in [1.29, 1.82) is 0 Å². The van der Waals surface area contributed by atoms with Crippen molar-refractivity contribution in [3.8, 4) is 0 Å². The molecule has 1 atom stereocenters. The molecule has 1 aromatic rings. The quantitative estimate of drug-likeness (QED) is 0.773. The lowest BCUT2D eigenvalue weighted by Crippen LogP contribution is -2.28. The molecule has 1 aromatic heterocycles. The smallest absolute Gasteiger partial charge is 0.228 e. The van der Waals surface area contributed by atoms with Crippen LogP contribution in [-0.4, -0.2) is 28.1 Å². The molecule has 1 amide bonds. The SMILES string of the molecule is CC(C)Cn1nccc1N1CC(CCl)CC1=O. The predicted octanol–water partition coefficient (Wildman–Crippen LogP) is 2.13. The number of hydrogen-bond acceptors (Lipinski definition) is 2. The maximum Gasteiger partial charge on any atom is 0.228 e. The number of anilines is 1. The lowest BCUT2D eigenvalue weighted by molar-refractivity contribution is -0.117. The molecule has 2 heterocycles. The van der Waals surface area contributed by atoms with E-state index in [2.05, 4.69) is 18.9 Å². The monoisotopic (exact) mass is 255 g/mol. The van der Waals surface area contributed by atoms with Crippen molar-refractivity contribution in [3.05, 3.63) is 12.3 Å².